The second-order valence-corrected chi connectivity index (χ2v) is 5.87. The van der Waals surface area contributed by atoms with E-state index in [9.17, 15) is 4.79 Å². The summed E-state index contributed by atoms with van der Waals surface area (Å²) in [4.78, 5) is 11.8. The summed E-state index contributed by atoms with van der Waals surface area (Å²) in [5, 5.41) is 5.71. The normalized spacial score (nSPS) is 24.3. The van der Waals surface area contributed by atoms with E-state index < -0.39 is 0 Å². The van der Waals surface area contributed by atoms with Gasteiger partial charge in [0.25, 0.3) is 0 Å². The molecule has 108 valence electrons. The van der Waals surface area contributed by atoms with E-state index in [4.69, 9.17) is 11.2 Å². The van der Waals surface area contributed by atoms with Crippen LogP contribution in [-0.4, -0.2) is 31.3 Å². The van der Waals surface area contributed by atoms with Crippen molar-refractivity contribution in [3.8, 4) is 12.3 Å². The number of urea groups is 1. The highest BCUT2D eigenvalue weighted by atomic mass is 16.5. The molecule has 4 nitrogen and oxygen atoms in total. The van der Waals surface area contributed by atoms with Crippen LogP contribution in [0.2, 0.25) is 0 Å². The van der Waals surface area contributed by atoms with Crippen LogP contribution in [-0.2, 0) is 4.74 Å². The Morgan fingerprint density at radius 3 is 2.63 bits per heavy atom. The van der Waals surface area contributed by atoms with E-state index in [-0.39, 0.29) is 24.1 Å². The Bertz CT molecular complexity index is 334. The number of hydrogen-bond acceptors (Lipinski definition) is 2. The van der Waals surface area contributed by atoms with E-state index in [1.54, 1.807) is 0 Å². The Labute approximate surface area is 116 Å². The van der Waals surface area contributed by atoms with Gasteiger partial charge in [0.1, 0.15) is 0 Å². The van der Waals surface area contributed by atoms with Gasteiger partial charge >= 0.3 is 6.03 Å². The van der Waals surface area contributed by atoms with Crippen molar-refractivity contribution in [2.75, 3.05) is 13.2 Å². The molecular formula is C15H26N2O2. The van der Waals surface area contributed by atoms with Crippen LogP contribution in [0, 0.1) is 30.1 Å². The molecule has 1 aliphatic rings. The lowest BCUT2D eigenvalue weighted by molar-refractivity contribution is 0.0545. The summed E-state index contributed by atoms with van der Waals surface area (Å²) < 4.78 is 5.70. The molecule has 1 fully saturated rings. The molecule has 2 N–H and O–H groups in total. The third-order valence-electron chi connectivity index (χ3n) is 3.58. The second kappa shape index (κ2) is 7.40. The van der Waals surface area contributed by atoms with Gasteiger partial charge in [-0.25, -0.2) is 4.79 Å². The van der Waals surface area contributed by atoms with Gasteiger partial charge in [0.05, 0.1) is 12.1 Å². The first kappa shape index (κ1) is 15.8. The zero-order valence-corrected chi connectivity index (χ0v) is 12.4. The zero-order valence-electron chi connectivity index (χ0n) is 12.4. The van der Waals surface area contributed by atoms with Crippen molar-refractivity contribution in [2.45, 2.75) is 46.3 Å². The van der Waals surface area contributed by atoms with E-state index in [0.29, 0.717) is 18.4 Å². The van der Waals surface area contributed by atoms with Crippen LogP contribution in [0.15, 0.2) is 0 Å². The number of terminal acetylenes is 1. The van der Waals surface area contributed by atoms with Gasteiger partial charge in [0, 0.05) is 19.1 Å². The summed E-state index contributed by atoms with van der Waals surface area (Å²) in [5.41, 5.74) is 0. The SMILES string of the molecule is C#CC(NC(=O)NCC1CCOC1C(C)C)C(C)C. The van der Waals surface area contributed by atoms with Gasteiger partial charge in [0.2, 0.25) is 0 Å². The van der Waals surface area contributed by atoms with Gasteiger partial charge in [0.15, 0.2) is 0 Å². The van der Waals surface area contributed by atoms with Gasteiger partial charge in [-0.05, 0) is 18.3 Å². The Morgan fingerprint density at radius 2 is 2.11 bits per heavy atom. The minimum absolute atomic E-state index is 0.189. The Morgan fingerprint density at radius 1 is 1.42 bits per heavy atom. The fourth-order valence-electron chi connectivity index (χ4n) is 2.43. The molecule has 19 heavy (non-hydrogen) atoms. The largest absolute Gasteiger partial charge is 0.378 e. The lowest BCUT2D eigenvalue weighted by atomic mass is 9.93. The molecule has 0 aliphatic carbocycles. The first-order valence-corrected chi connectivity index (χ1v) is 7.07. The van der Waals surface area contributed by atoms with E-state index >= 15 is 0 Å². The van der Waals surface area contributed by atoms with Crippen LogP contribution in [0.5, 0.6) is 0 Å². The molecule has 1 saturated heterocycles. The fraction of sp³-hybridized carbons (Fsp3) is 0.800. The maximum atomic E-state index is 11.8. The van der Waals surface area contributed by atoms with Crippen molar-refractivity contribution in [3.63, 3.8) is 0 Å². The molecule has 0 bridgehead atoms. The fourth-order valence-corrected chi connectivity index (χ4v) is 2.43. The molecule has 0 radical (unpaired) electrons. The maximum Gasteiger partial charge on any atom is 0.315 e. The molecule has 1 rings (SSSR count). The smallest absolute Gasteiger partial charge is 0.315 e. The lowest BCUT2D eigenvalue weighted by Crippen LogP contribution is -2.46. The molecule has 1 aliphatic heterocycles. The first-order valence-electron chi connectivity index (χ1n) is 7.07. The summed E-state index contributed by atoms with van der Waals surface area (Å²) in [6.45, 7) is 9.71. The summed E-state index contributed by atoms with van der Waals surface area (Å²) in [6, 6.07) is -0.410. The van der Waals surface area contributed by atoms with E-state index in [0.717, 1.165) is 13.0 Å². The van der Waals surface area contributed by atoms with Gasteiger partial charge < -0.3 is 15.4 Å². The topological polar surface area (TPSA) is 50.4 Å². The van der Waals surface area contributed by atoms with Crippen LogP contribution >= 0.6 is 0 Å². The van der Waals surface area contributed by atoms with Crippen molar-refractivity contribution in [2.24, 2.45) is 17.8 Å². The predicted octanol–water partition coefficient (Wildman–Crippen LogP) is 2.00. The Kier molecular flexibility index (Phi) is 6.17. The first-order chi connectivity index (χ1) is 8.95. The van der Waals surface area contributed by atoms with Crippen LogP contribution in [0.3, 0.4) is 0 Å². The molecule has 0 aromatic heterocycles. The average Bonchev–Trinajstić information content (AvgIpc) is 2.81. The molecule has 3 unspecified atom stereocenters. The molecule has 3 atom stereocenters. The third kappa shape index (κ3) is 4.76. The van der Waals surface area contributed by atoms with Crippen LogP contribution in [0.1, 0.15) is 34.1 Å². The van der Waals surface area contributed by atoms with Crippen molar-refractivity contribution >= 4 is 6.03 Å². The maximum absolute atomic E-state index is 11.8. The van der Waals surface area contributed by atoms with E-state index in [1.807, 2.05) is 13.8 Å². The zero-order chi connectivity index (χ0) is 14.4. The number of rotatable bonds is 5. The van der Waals surface area contributed by atoms with Crippen molar-refractivity contribution in [1.29, 1.82) is 0 Å². The number of carbonyl (C=O) groups excluding carboxylic acids is 1. The molecule has 0 saturated carbocycles. The summed E-state index contributed by atoms with van der Waals surface area (Å²) in [7, 11) is 0. The minimum atomic E-state index is -0.222. The van der Waals surface area contributed by atoms with Gasteiger partial charge in [-0.3, -0.25) is 0 Å². The molecule has 0 aromatic carbocycles. The molecule has 0 aromatic rings. The van der Waals surface area contributed by atoms with Gasteiger partial charge in [-0.15, -0.1) is 6.42 Å². The summed E-state index contributed by atoms with van der Waals surface area (Å²) in [5.74, 6) is 3.70. The number of amides is 2. The lowest BCUT2D eigenvalue weighted by Gasteiger charge is -2.23. The van der Waals surface area contributed by atoms with E-state index in [1.165, 1.54) is 0 Å². The summed E-state index contributed by atoms with van der Waals surface area (Å²) >= 11 is 0. The predicted molar refractivity (Wildman–Crippen MR) is 76.7 cm³/mol. The average molecular weight is 266 g/mol. The minimum Gasteiger partial charge on any atom is -0.378 e. The highest BCUT2D eigenvalue weighted by Crippen LogP contribution is 2.25. The van der Waals surface area contributed by atoms with E-state index in [2.05, 4.69) is 30.4 Å². The van der Waals surface area contributed by atoms with Crippen molar-refractivity contribution in [1.82, 2.24) is 10.6 Å². The Hall–Kier alpha value is -1.21. The molecular weight excluding hydrogens is 240 g/mol. The van der Waals surface area contributed by atoms with Gasteiger partial charge in [-0.1, -0.05) is 33.6 Å². The third-order valence-corrected chi connectivity index (χ3v) is 3.58. The monoisotopic (exact) mass is 266 g/mol. The quantitative estimate of drug-likeness (QED) is 0.748. The van der Waals surface area contributed by atoms with Crippen LogP contribution in [0.4, 0.5) is 4.79 Å². The highest BCUT2D eigenvalue weighted by molar-refractivity contribution is 5.74. The number of hydrogen-bond donors (Lipinski definition) is 2. The standard InChI is InChI=1S/C15H26N2O2/c1-6-13(10(2)3)17-15(18)16-9-12-7-8-19-14(12)11(4)5/h1,10-14H,7-9H2,2-5H3,(H2,16,17,18). The van der Waals surface area contributed by atoms with Crippen molar-refractivity contribution < 1.29 is 9.53 Å². The number of carbonyl (C=O) groups is 1. The number of nitrogens with one attached hydrogen (secondary N) is 2. The van der Waals surface area contributed by atoms with Crippen LogP contribution in [0.25, 0.3) is 0 Å². The second-order valence-electron chi connectivity index (χ2n) is 5.87. The highest BCUT2D eigenvalue weighted by Gasteiger charge is 2.30. The summed E-state index contributed by atoms with van der Waals surface area (Å²) in [6.07, 6.45) is 6.64. The molecule has 0 spiro atoms. The molecule has 1 heterocycles. The van der Waals surface area contributed by atoms with Gasteiger partial charge in [-0.2, -0.15) is 0 Å². The van der Waals surface area contributed by atoms with Crippen LogP contribution < -0.4 is 10.6 Å². The van der Waals surface area contributed by atoms with Crippen molar-refractivity contribution in [3.05, 3.63) is 0 Å². The number of ether oxygens (including phenoxy) is 1. The molecule has 2 amide bonds. The molecule has 4 heteroatoms. The Balaban J connectivity index is 2.36.